The van der Waals surface area contributed by atoms with Gasteiger partial charge in [0, 0.05) is 54.4 Å². The maximum atomic E-state index is 6.72. The average molecular weight is 497 g/mol. The maximum absolute atomic E-state index is 6.72. The number of ether oxygens (including phenoxy) is 1. The molecule has 0 fully saturated rings. The van der Waals surface area contributed by atoms with Crippen molar-refractivity contribution < 1.29 is 4.74 Å². The number of para-hydroxylation sites is 4. The van der Waals surface area contributed by atoms with Crippen LogP contribution in [0.3, 0.4) is 0 Å². The van der Waals surface area contributed by atoms with Crippen LogP contribution in [-0.4, -0.2) is 14.9 Å². The summed E-state index contributed by atoms with van der Waals surface area (Å²) in [6.07, 6.45) is 4.85. The smallest absolute Gasteiger partial charge is 0.128 e. The Morgan fingerprint density at radius 1 is 0.513 bits per heavy atom. The van der Waals surface area contributed by atoms with Gasteiger partial charge in [0.25, 0.3) is 0 Å². The van der Waals surface area contributed by atoms with E-state index in [1.54, 1.807) is 0 Å². The fourth-order valence-electron chi connectivity index (χ4n) is 7.97. The van der Waals surface area contributed by atoms with Gasteiger partial charge in [0.15, 0.2) is 0 Å². The molecule has 5 aromatic carbocycles. The lowest BCUT2D eigenvalue weighted by atomic mass is 9.90. The highest BCUT2D eigenvalue weighted by molar-refractivity contribution is 6.23. The molecule has 11 rings (SSSR count). The molecule has 2 unspecified atom stereocenters. The first-order valence-corrected chi connectivity index (χ1v) is 13.7. The third kappa shape index (κ3) is 2.03. The van der Waals surface area contributed by atoms with Crippen LogP contribution in [0.5, 0.6) is 5.75 Å². The van der Waals surface area contributed by atoms with Gasteiger partial charge in [0.1, 0.15) is 11.9 Å². The fourth-order valence-corrected chi connectivity index (χ4v) is 7.97. The minimum absolute atomic E-state index is 0.00377. The van der Waals surface area contributed by atoms with Crippen molar-refractivity contribution in [3.8, 4) is 5.75 Å². The Kier molecular flexibility index (Phi) is 3.02. The summed E-state index contributed by atoms with van der Waals surface area (Å²) in [7, 11) is 0. The van der Waals surface area contributed by atoms with E-state index < -0.39 is 0 Å². The minimum Gasteiger partial charge on any atom is -0.485 e. The molecule has 0 bridgehead atoms. The Bertz CT molecular complexity index is 2650. The van der Waals surface area contributed by atoms with Crippen molar-refractivity contribution in [2.75, 3.05) is 0 Å². The standard InChI is InChI=1S/C36H20N2O/c1-3-13-29-19(7-1)21-9-5-11-23-25-17-33-27(15-31(25)37(29)35(21)23)28-16-32-26(18-34(28)39-33)24-12-6-10-22-20-8-2-4-14-30(20)38(32)36(22)24/h1-18,27,33H. The molecule has 3 heteroatoms. The number of nitrogens with zero attached hydrogens (tertiary/aromatic N) is 2. The SMILES string of the molecule is C1=c2c(n3c4ccccc4c4cccc2c43)=CC2c3cc4c(cc3OC12)c1cccc2c3ccccc3n4c21. The molecule has 5 heterocycles. The van der Waals surface area contributed by atoms with E-state index in [0.717, 1.165) is 5.75 Å². The van der Waals surface area contributed by atoms with Gasteiger partial charge < -0.3 is 13.5 Å². The van der Waals surface area contributed by atoms with Crippen molar-refractivity contribution in [3.05, 3.63) is 113 Å². The Labute approximate surface area is 221 Å². The number of hydrogen-bond acceptors (Lipinski definition) is 1. The van der Waals surface area contributed by atoms with Crippen molar-refractivity contribution in [2.45, 2.75) is 12.0 Å². The van der Waals surface area contributed by atoms with Crippen molar-refractivity contribution in [2.24, 2.45) is 0 Å². The molecule has 0 spiro atoms. The highest BCUT2D eigenvalue weighted by Gasteiger charge is 2.35. The molecule has 2 atom stereocenters. The van der Waals surface area contributed by atoms with Gasteiger partial charge >= 0.3 is 0 Å². The summed E-state index contributed by atoms with van der Waals surface area (Å²) < 4.78 is 11.7. The van der Waals surface area contributed by atoms with Crippen LogP contribution in [0.1, 0.15) is 11.5 Å². The first-order valence-electron chi connectivity index (χ1n) is 13.7. The molecule has 1 aliphatic carbocycles. The summed E-state index contributed by atoms with van der Waals surface area (Å²) in [5.41, 5.74) is 7.72. The molecule has 39 heavy (non-hydrogen) atoms. The summed E-state index contributed by atoms with van der Waals surface area (Å²) in [6.45, 7) is 0. The maximum Gasteiger partial charge on any atom is 0.128 e. The zero-order chi connectivity index (χ0) is 25.0. The Morgan fingerprint density at radius 2 is 1.13 bits per heavy atom. The van der Waals surface area contributed by atoms with Gasteiger partial charge in [-0.15, -0.1) is 0 Å². The molecule has 3 nitrogen and oxygen atoms in total. The van der Waals surface area contributed by atoms with Crippen molar-refractivity contribution in [1.82, 2.24) is 8.80 Å². The highest BCUT2D eigenvalue weighted by Crippen LogP contribution is 2.47. The molecular weight excluding hydrogens is 476 g/mol. The molecule has 0 saturated carbocycles. The molecule has 9 aromatic rings. The predicted molar refractivity (Wildman–Crippen MR) is 160 cm³/mol. The topological polar surface area (TPSA) is 18.1 Å². The van der Waals surface area contributed by atoms with Gasteiger partial charge in [-0.2, -0.15) is 0 Å². The summed E-state index contributed by atoms with van der Waals surface area (Å²) in [6, 6.07) is 35.7. The van der Waals surface area contributed by atoms with Gasteiger partial charge in [0.05, 0.1) is 32.9 Å². The summed E-state index contributed by atoms with van der Waals surface area (Å²) in [5, 5.41) is 11.7. The lowest BCUT2D eigenvalue weighted by Gasteiger charge is -2.15. The van der Waals surface area contributed by atoms with Crippen LogP contribution in [0.25, 0.3) is 77.4 Å². The van der Waals surface area contributed by atoms with Crippen LogP contribution in [0, 0.1) is 0 Å². The zero-order valence-corrected chi connectivity index (χ0v) is 20.8. The highest BCUT2D eigenvalue weighted by atomic mass is 16.5. The van der Waals surface area contributed by atoms with Crippen molar-refractivity contribution in [1.29, 1.82) is 0 Å². The molecule has 4 aromatic heterocycles. The zero-order valence-electron chi connectivity index (χ0n) is 20.8. The van der Waals surface area contributed by atoms with E-state index in [2.05, 4.69) is 118 Å². The molecule has 0 amide bonds. The van der Waals surface area contributed by atoms with Crippen molar-refractivity contribution in [3.63, 3.8) is 0 Å². The summed E-state index contributed by atoms with van der Waals surface area (Å²) in [4.78, 5) is 0. The van der Waals surface area contributed by atoms with Gasteiger partial charge in [-0.3, -0.25) is 0 Å². The molecular formula is C36H20N2O. The number of aromatic nitrogens is 2. The number of fused-ring (bicyclic) bond motifs is 15. The van der Waals surface area contributed by atoms with E-state index in [0.29, 0.717) is 0 Å². The second kappa shape index (κ2) is 6.16. The average Bonchev–Trinajstić information content (AvgIpc) is 3.76. The first-order chi connectivity index (χ1) is 19.3. The molecule has 1 aliphatic heterocycles. The fraction of sp³-hybridized carbons (Fsp3) is 0.0556. The predicted octanol–water partition coefficient (Wildman–Crippen LogP) is 6.95. The van der Waals surface area contributed by atoms with Gasteiger partial charge in [0.2, 0.25) is 0 Å². The molecule has 2 aliphatic rings. The van der Waals surface area contributed by atoms with Crippen LogP contribution >= 0.6 is 0 Å². The third-order valence-electron chi connectivity index (χ3n) is 9.50. The summed E-state index contributed by atoms with van der Waals surface area (Å²) in [5.74, 6) is 1.19. The van der Waals surface area contributed by atoms with Gasteiger partial charge in [-0.25, -0.2) is 0 Å². The Hall–Kier alpha value is -5.02. The second-order valence-corrected chi connectivity index (χ2v) is 11.3. The van der Waals surface area contributed by atoms with E-state index in [1.807, 2.05) is 0 Å². The van der Waals surface area contributed by atoms with E-state index in [-0.39, 0.29) is 12.0 Å². The van der Waals surface area contributed by atoms with Gasteiger partial charge in [-0.1, -0.05) is 72.8 Å². The third-order valence-corrected chi connectivity index (χ3v) is 9.50. The lowest BCUT2D eigenvalue weighted by molar-refractivity contribution is 0.288. The largest absolute Gasteiger partial charge is 0.485 e. The molecule has 0 saturated heterocycles. The van der Waals surface area contributed by atoms with Crippen LogP contribution in [0.2, 0.25) is 0 Å². The van der Waals surface area contributed by atoms with Gasteiger partial charge in [-0.05, 0) is 36.4 Å². The van der Waals surface area contributed by atoms with Crippen LogP contribution < -0.4 is 15.3 Å². The molecule has 0 radical (unpaired) electrons. The van der Waals surface area contributed by atoms with E-state index in [4.69, 9.17) is 4.74 Å². The summed E-state index contributed by atoms with van der Waals surface area (Å²) >= 11 is 0. The number of rotatable bonds is 0. The number of hydrogen-bond donors (Lipinski definition) is 0. The Morgan fingerprint density at radius 3 is 1.90 bits per heavy atom. The first kappa shape index (κ1) is 19.1. The van der Waals surface area contributed by atoms with Crippen molar-refractivity contribution >= 4 is 77.4 Å². The van der Waals surface area contributed by atoms with E-state index in [1.165, 1.54) is 81.4 Å². The van der Waals surface area contributed by atoms with Crippen LogP contribution in [-0.2, 0) is 0 Å². The minimum atomic E-state index is 0.00377. The lowest BCUT2D eigenvalue weighted by Crippen LogP contribution is -2.35. The normalized spacial score (nSPS) is 18.4. The second-order valence-electron chi connectivity index (χ2n) is 11.3. The molecule has 180 valence electrons. The van der Waals surface area contributed by atoms with E-state index in [9.17, 15) is 0 Å². The van der Waals surface area contributed by atoms with E-state index >= 15 is 0 Å². The monoisotopic (exact) mass is 496 g/mol. The Balaban J connectivity index is 1.26. The number of benzene rings is 5. The van der Waals surface area contributed by atoms with Crippen LogP contribution in [0.4, 0.5) is 0 Å². The van der Waals surface area contributed by atoms with Crippen LogP contribution in [0.15, 0.2) is 97.1 Å². The quantitative estimate of drug-likeness (QED) is 0.222. The molecule has 0 N–H and O–H groups in total.